The Morgan fingerprint density at radius 3 is 2.94 bits per heavy atom. The summed E-state index contributed by atoms with van der Waals surface area (Å²) in [6.07, 6.45) is 3.41. The molecule has 0 aliphatic carbocycles. The average molecular weight is 246 g/mol. The minimum Gasteiger partial charge on any atom is -0.478 e. The molecule has 0 saturated heterocycles. The van der Waals surface area contributed by atoms with Crippen molar-refractivity contribution in [2.45, 2.75) is 13.1 Å². The Labute approximate surface area is 104 Å². The molecular formula is C12H14N4O2. The van der Waals surface area contributed by atoms with Crippen molar-refractivity contribution in [2.24, 2.45) is 0 Å². The Bertz CT molecular complexity index is 511. The summed E-state index contributed by atoms with van der Waals surface area (Å²) in [4.78, 5) is 11.0. The lowest BCUT2D eigenvalue weighted by Crippen LogP contribution is -2.21. The molecule has 0 fully saturated rings. The zero-order chi connectivity index (χ0) is 12.8. The van der Waals surface area contributed by atoms with E-state index in [2.05, 4.69) is 15.6 Å². The fourth-order valence-electron chi connectivity index (χ4n) is 1.65. The van der Waals surface area contributed by atoms with Crippen molar-refractivity contribution in [3.63, 3.8) is 0 Å². The predicted molar refractivity (Wildman–Crippen MR) is 65.1 cm³/mol. The Morgan fingerprint density at radius 1 is 1.39 bits per heavy atom. The van der Waals surface area contributed by atoms with E-state index in [-0.39, 0.29) is 0 Å². The van der Waals surface area contributed by atoms with Crippen LogP contribution in [0.4, 0.5) is 0 Å². The quantitative estimate of drug-likeness (QED) is 0.736. The summed E-state index contributed by atoms with van der Waals surface area (Å²) in [5.74, 6) is -0.899. The molecule has 0 bridgehead atoms. The van der Waals surface area contributed by atoms with Crippen LogP contribution in [0.25, 0.3) is 0 Å². The SMILES string of the molecule is O=C(O)c1ccccc1CNCCn1ccnn1. The first-order valence-corrected chi connectivity index (χ1v) is 5.63. The second kappa shape index (κ2) is 5.92. The lowest BCUT2D eigenvalue weighted by atomic mass is 10.1. The van der Waals surface area contributed by atoms with Crippen LogP contribution in [0, 0.1) is 0 Å². The van der Waals surface area contributed by atoms with Gasteiger partial charge in [-0.25, -0.2) is 4.79 Å². The van der Waals surface area contributed by atoms with E-state index < -0.39 is 5.97 Å². The third-order valence-electron chi connectivity index (χ3n) is 2.55. The van der Waals surface area contributed by atoms with E-state index in [4.69, 9.17) is 5.11 Å². The van der Waals surface area contributed by atoms with Crippen molar-refractivity contribution < 1.29 is 9.90 Å². The van der Waals surface area contributed by atoms with Crippen LogP contribution >= 0.6 is 0 Å². The summed E-state index contributed by atoms with van der Waals surface area (Å²) < 4.78 is 1.72. The molecule has 1 aromatic heterocycles. The van der Waals surface area contributed by atoms with Crippen LogP contribution in [0.15, 0.2) is 36.7 Å². The Balaban J connectivity index is 1.85. The number of carboxylic acids is 1. The molecule has 0 amide bonds. The summed E-state index contributed by atoms with van der Waals surface area (Å²) in [5.41, 5.74) is 1.12. The second-order valence-corrected chi connectivity index (χ2v) is 3.81. The highest BCUT2D eigenvalue weighted by Crippen LogP contribution is 2.08. The number of carbonyl (C=O) groups is 1. The van der Waals surface area contributed by atoms with Crippen LogP contribution in [-0.2, 0) is 13.1 Å². The van der Waals surface area contributed by atoms with Crippen molar-refractivity contribution in [1.82, 2.24) is 20.3 Å². The van der Waals surface area contributed by atoms with Crippen molar-refractivity contribution in [1.29, 1.82) is 0 Å². The van der Waals surface area contributed by atoms with Gasteiger partial charge < -0.3 is 10.4 Å². The van der Waals surface area contributed by atoms with Gasteiger partial charge in [-0.15, -0.1) is 5.10 Å². The molecule has 0 aliphatic heterocycles. The molecule has 2 N–H and O–H groups in total. The largest absolute Gasteiger partial charge is 0.478 e. The van der Waals surface area contributed by atoms with Crippen LogP contribution in [0.2, 0.25) is 0 Å². The maximum Gasteiger partial charge on any atom is 0.336 e. The van der Waals surface area contributed by atoms with Crippen molar-refractivity contribution in [3.05, 3.63) is 47.8 Å². The maximum absolute atomic E-state index is 11.0. The second-order valence-electron chi connectivity index (χ2n) is 3.81. The van der Waals surface area contributed by atoms with Crippen LogP contribution in [0.1, 0.15) is 15.9 Å². The number of rotatable bonds is 6. The summed E-state index contributed by atoms with van der Waals surface area (Å²) in [7, 11) is 0. The van der Waals surface area contributed by atoms with Gasteiger partial charge in [-0.3, -0.25) is 4.68 Å². The molecular weight excluding hydrogens is 232 g/mol. The first kappa shape index (κ1) is 12.3. The van der Waals surface area contributed by atoms with E-state index in [1.165, 1.54) is 0 Å². The van der Waals surface area contributed by atoms with Crippen molar-refractivity contribution in [2.75, 3.05) is 6.54 Å². The molecule has 1 heterocycles. The van der Waals surface area contributed by atoms with Gasteiger partial charge in [0.2, 0.25) is 0 Å². The van der Waals surface area contributed by atoms with Gasteiger partial charge >= 0.3 is 5.97 Å². The molecule has 0 spiro atoms. The fourth-order valence-corrected chi connectivity index (χ4v) is 1.65. The van der Waals surface area contributed by atoms with Crippen molar-refractivity contribution in [3.8, 4) is 0 Å². The van der Waals surface area contributed by atoms with E-state index in [0.717, 1.165) is 5.56 Å². The van der Waals surface area contributed by atoms with Crippen LogP contribution in [-0.4, -0.2) is 32.6 Å². The molecule has 2 aromatic rings. The molecule has 0 saturated carbocycles. The molecule has 1 aromatic carbocycles. The molecule has 6 nitrogen and oxygen atoms in total. The van der Waals surface area contributed by atoms with E-state index in [1.807, 2.05) is 12.1 Å². The minimum absolute atomic E-state index is 0.339. The number of hydrogen-bond donors (Lipinski definition) is 2. The highest BCUT2D eigenvalue weighted by atomic mass is 16.4. The van der Waals surface area contributed by atoms with Gasteiger partial charge in [0, 0.05) is 19.3 Å². The van der Waals surface area contributed by atoms with Gasteiger partial charge in [-0.2, -0.15) is 0 Å². The molecule has 0 aliphatic rings. The minimum atomic E-state index is -0.899. The van der Waals surface area contributed by atoms with Gasteiger partial charge in [0.25, 0.3) is 0 Å². The lowest BCUT2D eigenvalue weighted by molar-refractivity contribution is 0.0695. The van der Waals surface area contributed by atoms with Gasteiger partial charge in [-0.05, 0) is 11.6 Å². The highest BCUT2D eigenvalue weighted by Gasteiger charge is 2.07. The third kappa shape index (κ3) is 3.14. The van der Waals surface area contributed by atoms with Gasteiger partial charge in [0.05, 0.1) is 18.3 Å². The Hall–Kier alpha value is -2.21. The standard InChI is InChI=1S/C12H14N4O2/c17-12(18)11-4-2-1-3-10(11)9-13-5-7-16-8-6-14-15-16/h1-4,6,8,13H,5,7,9H2,(H,17,18). The number of nitrogens with one attached hydrogen (secondary N) is 1. The van der Waals surface area contributed by atoms with Gasteiger partial charge in [0.1, 0.15) is 0 Å². The zero-order valence-corrected chi connectivity index (χ0v) is 9.78. The van der Waals surface area contributed by atoms with E-state index in [0.29, 0.717) is 25.2 Å². The van der Waals surface area contributed by atoms with Crippen LogP contribution in [0.3, 0.4) is 0 Å². The average Bonchev–Trinajstić information content (AvgIpc) is 2.88. The topological polar surface area (TPSA) is 80.0 Å². The first-order chi connectivity index (χ1) is 8.77. The summed E-state index contributed by atoms with van der Waals surface area (Å²) in [5, 5.41) is 19.7. The number of aromatic nitrogens is 3. The normalized spacial score (nSPS) is 10.4. The molecule has 6 heteroatoms. The Kier molecular flexibility index (Phi) is 4.03. The number of aromatic carboxylic acids is 1. The zero-order valence-electron chi connectivity index (χ0n) is 9.78. The molecule has 94 valence electrons. The summed E-state index contributed by atoms with van der Waals surface area (Å²) in [6, 6.07) is 6.98. The van der Waals surface area contributed by atoms with Crippen LogP contribution in [0.5, 0.6) is 0 Å². The van der Waals surface area contributed by atoms with Crippen molar-refractivity contribution >= 4 is 5.97 Å². The first-order valence-electron chi connectivity index (χ1n) is 5.63. The summed E-state index contributed by atoms with van der Waals surface area (Å²) in [6.45, 7) is 1.93. The van der Waals surface area contributed by atoms with E-state index in [9.17, 15) is 4.79 Å². The monoisotopic (exact) mass is 246 g/mol. The molecule has 2 rings (SSSR count). The Morgan fingerprint density at radius 2 is 2.22 bits per heavy atom. The maximum atomic E-state index is 11.0. The smallest absolute Gasteiger partial charge is 0.336 e. The number of carboxylic acid groups (broad SMARTS) is 1. The molecule has 0 atom stereocenters. The third-order valence-corrected chi connectivity index (χ3v) is 2.55. The number of benzene rings is 1. The summed E-state index contributed by atoms with van der Waals surface area (Å²) >= 11 is 0. The van der Waals surface area contributed by atoms with Crippen LogP contribution < -0.4 is 5.32 Å². The van der Waals surface area contributed by atoms with E-state index >= 15 is 0 Å². The van der Waals surface area contributed by atoms with Gasteiger partial charge in [-0.1, -0.05) is 23.4 Å². The van der Waals surface area contributed by atoms with Gasteiger partial charge in [0.15, 0.2) is 0 Å². The molecule has 0 unspecified atom stereocenters. The molecule has 0 radical (unpaired) electrons. The fraction of sp³-hybridized carbons (Fsp3) is 0.250. The number of hydrogen-bond acceptors (Lipinski definition) is 4. The predicted octanol–water partition coefficient (Wildman–Crippen LogP) is 0.766. The highest BCUT2D eigenvalue weighted by molar-refractivity contribution is 5.89. The van der Waals surface area contributed by atoms with E-state index in [1.54, 1.807) is 29.2 Å². The molecule has 18 heavy (non-hydrogen) atoms. The lowest BCUT2D eigenvalue weighted by Gasteiger charge is -2.07. The number of nitrogens with zero attached hydrogens (tertiary/aromatic N) is 3.